The van der Waals surface area contributed by atoms with E-state index in [9.17, 15) is 9.59 Å². The molecule has 0 saturated carbocycles. The summed E-state index contributed by atoms with van der Waals surface area (Å²) < 4.78 is 1.15. The molecule has 0 atom stereocenters. The Kier molecular flexibility index (Phi) is 6.14. The van der Waals surface area contributed by atoms with Crippen LogP contribution in [0.5, 0.6) is 0 Å². The molecule has 7 nitrogen and oxygen atoms in total. The number of hydrogen-bond acceptors (Lipinski definition) is 4. The molecule has 1 aromatic heterocycles. The van der Waals surface area contributed by atoms with Crippen LogP contribution in [0.15, 0.2) is 6.20 Å². The van der Waals surface area contributed by atoms with Crippen molar-refractivity contribution in [2.75, 3.05) is 6.54 Å². The Hall–Kier alpha value is -1.92. The van der Waals surface area contributed by atoms with Gasteiger partial charge in [0, 0.05) is 12.6 Å². The lowest BCUT2D eigenvalue weighted by molar-refractivity contribution is -0.137. The van der Waals surface area contributed by atoms with Crippen LogP contribution in [0, 0.1) is 0 Å². The molecule has 0 fully saturated rings. The fourth-order valence-corrected chi connectivity index (χ4v) is 1.89. The highest BCUT2D eigenvalue weighted by molar-refractivity contribution is 5.92. The number of rotatable bonds is 8. The summed E-state index contributed by atoms with van der Waals surface area (Å²) in [6.45, 7) is 6.39. The first kappa shape index (κ1) is 16.1. The molecule has 1 aromatic rings. The number of hydrogen-bond donors (Lipinski definition) is 1. The summed E-state index contributed by atoms with van der Waals surface area (Å²) in [5, 5.41) is 16.1. The maximum Gasteiger partial charge on any atom is 0.325 e. The van der Waals surface area contributed by atoms with Crippen LogP contribution >= 0.6 is 0 Å². The van der Waals surface area contributed by atoms with Crippen molar-refractivity contribution in [3.05, 3.63) is 11.9 Å². The summed E-state index contributed by atoms with van der Waals surface area (Å²) in [6.07, 6.45) is 4.49. The minimum Gasteiger partial charge on any atom is -0.480 e. The number of aliphatic carboxylic acids is 1. The van der Waals surface area contributed by atoms with Crippen LogP contribution in [0.4, 0.5) is 0 Å². The van der Waals surface area contributed by atoms with Crippen LogP contribution in [-0.4, -0.2) is 49.5 Å². The molecule has 0 radical (unpaired) electrons. The second-order valence-electron chi connectivity index (χ2n) is 4.99. The van der Waals surface area contributed by atoms with E-state index >= 15 is 0 Å². The van der Waals surface area contributed by atoms with Gasteiger partial charge in [0.05, 0.1) is 6.20 Å². The normalized spacial score (nSPS) is 10.8. The SMILES string of the molecule is CCCCCN(C(=O)c1cn(CC(=O)O)nn1)C(C)C. The van der Waals surface area contributed by atoms with Gasteiger partial charge in [-0.1, -0.05) is 25.0 Å². The Morgan fingerprint density at radius 1 is 1.40 bits per heavy atom. The van der Waals surface area contributed by atoms with E-state index in [4.69, 9.17) is 5.11 Å². The molecule has 0 unspecified atom stereocenters. The smallest absolute Gasteiger partial charge is 0.325 e. The van der Waals surface area contributed by atoms with Crippen LogP contribution in [-0.2, 0) is 11.3 Å². The molecule has 0 aliphatic rings. The maximum atomic E-state index is 12.3. The number of nitrogens with zero attached hydrogens (tertiary/aromatic N) is 4. The minimum atomic E-state index is -1.02. The molecule has 0 aliphatic carbocycles. The van der Waals surface area contributed by atoms with Crippen molar-refractivity contribution >= 4 is 11.9 Å². The van der Waals surface area contributed by atoms with E-state index in [1.54, 1.807) is 4.90 Å². The Labute approximate surface area is 118 Å². The monoisotopic (exact) mass is 282 g/mol. The van der Waals surface area contributed by atoms with E-state index in [0.29, 0.717) is 6.54 Å². The predicted molar refractivity (Wildman–Crippen MR) is 73.4 cm³/mol. The van der Waals surface area contributed by atoms with Gasteiger partial charge in [-0.05, 0) is 20.3 Å². The molecular formula is C13H22N4O3. The third kappa shape index (κ3) is 4.64. The first-order valence-electron chi connectivity index (χ1n) is 6.88. The summed E-state index contributed by atoms with van der Waals surface area (Å²) in [4.78, 5) is 24.7. The first-order chi connectivity index (χ1) is 9.45. The molecule has 0 saturated heterocycles. The fraction of sp³-hybridized carbons (Fsp3) is 0.692. The van der Waals surface area contributed by atoms with Gasteiger partial charge in [-0.2, -0.15) is 0 Å². The predicted octanol–water partition coefficient (Wildman–Crippen LogP) is 1.40. The Morgan fingerprint density at radius 3 is 2.65 bits per heavy atom. The summed E-state index contributed by atoms with van der Waals surface area (Å²) in [5.74, 6) is -1.22. The fourth-order valence-electron chi connectivity index (χ4n) is 1.89. The molecular weight excluding hydrogens is 260 g/mol. The zero-order chi connectivity index (χ0) is 15.1. The van der Waals surface area contributed by atoms with Gasteiger partial charge in [0.1, 0.15) is 6.54 Å². The second kappa shape index (κ2) is 7.62. The van der Waals surface area contributed by atoms with Crippen molar-refractivity contribution in [3.63, 3.8) is 0 Å². The van der Waals surface area contributed by atoms with E-state index in [-0.39, 0.29) is 24.2 Å². The summed E-state index contributed by atoms with van der Waals surface area (Å²) in [5.41, 5.74) is 0.191. The van der Waals surface area contributed by atoms with Crippen LogP contribution < -0.4 is 0 Å². The highest BCUT2D eigenvalue weighted by Gasteiger charge is 2.21. The molecule has 0 aliphatic heterocycles. The Morgan fingerprint density at radius 2 is 2.10 bits per heavy atom. The number of aromatic nitrogens is 3. The average Bonchev–Trinajstić information content (AvgIpc) is 2.81. The van der Waals surface area contributed by atoms with Gasteiger partial charge in [-0.15, -0.1) is 5.10 Å². The highest BCUT2D eigenvalue weighted by Crippen LogP contribution is 2.08. The summed E-state index contributed by atoms with van der Waals surface area (Å²) >= 11 is 0. The standard InChI is InChI=1S/C13H22N4O3/c1-4-5-6-7-17(10(2)3)13(20)11-8-16(15-14-11)9-12(18)19/h8,10H,4-7,9H2,1-3H3,(H,18,19). The maximum absolute atomic E-state index is 12.3. The molecule has 0 aromatic carbocycles. The molecule has 1 heterocycles. The minimum absolute atomic E-state index is 0.0731. The highest BCUT2D eigenvalue weighted by atomic mass is 16.4. The van der Waals surface area contributed by atoms with Crippen LogP contribution in [0.25, 0.3) is 0 Å². The number of amides is 1. The number of carbonyl (C=O) groups excluding carboxylic acids is 1. The van der Waals surface area contributed by atoms with Gasteiger partial charge >= 0.3 is 5.97 Å². The van der Waals surface area contributed by atoms with Gasteiger partial charge in [0.25, 0.3) is 5.91 Å². The second-order valence-corrected chi connectivity index (χ2v) is 4.99. The topological polar surface area (TPSA) is 88.3 Å². The van der Waals surface area contributed by atoms with Crippen molar-refractivity contribution < 1.29 is 14.7 Å². The first-order valence-corrected chi connectivity index (χ1v) is 6.88. The number of carboxylic acid groups (broad SMARTS) is 1. The van der Waals surface area contributed by atoms with Gasteiger partial charge in [-0.25, -0.2) is 4.68 Å². The van der Waals surface area contributed by atoms with Crippen molar-refractivity contribution in [2.45, 2.75) is 52.6 Å². The number of carboxylic acids is 1. The molecule has 1 N–H and O–H groups in total. The number of unbranched alkanes of at least 4 members (excludes halogenated alkanes) is 2. The average molecular weight is 282 g/mol. The van der Waals surface area contributed by atoms with E-state index < -0.39 is 5.97 Å². The van der Waals surface area contributed by atoms with Crippen LogP contribution in [0.3, 0.4) is 0 Å². The van der Waals surface area contributed by atoms with Gasteiger partial charge < -0.3 is 10.0 Å². The van der Waals surface area contributed by atoms with E-state index in [0.717, 1.165) is 23.9 Å². The largest absolute Gasteiger partial charge is 0.480 e. The van der Waals surface area contributed by atoms with Gasteiger partial charge in [-0.3, -0.25) is 9.59 Å². The Bertz CT molecular complexity index is 456. The van der Waals surface area contributed by atoms with Crippen molar-refractivity contribution in [3.8, 4) is 0 Å². The lowest BCUT2D eigenvalue weighted by Crippen LogP contribution is -2.38. The van der Waals surface area contributed by atoms with E-state index in [1.807, 2.05) is 13.8 Å². The lowest BCUT2D eigenvalue weighted by Gasteiger charge is -2.25. The third-order valence-electron chi connectivity index (χ3n) is 2.94. The summed E-state index contributed by atoms with van der Waals surface area (Å²) in [6, 6.07) is 0.0731. The molecule has 0 spiro atoms. The van der Waals surface area contributed by atoms with Gasteiger partial charge in [0.15, 0.2) is 5.69 Å². The number of carbonyl (C=O) groups is 2. The molecule has 1 rings (SSSR count). The van der Waals surface area contributed by atoms with Crippen molar-refractivity contribution in [1.29, 1.82) is 0 Å². The molecule has 112 valence electrons. The Balaban J connectivity index is 2.73. The molecule has 1 amide bonds. The zero-order valence-corrected chi connectivity index (χ0v) is 12.2. The molecule has 7 heteroatoms. The molecule has 0 bridgehead atoms. The van der Waals surface area contributed by atoms with Crippen molar-refractivity contribution in [1.82, 2.24) is 19.9 Å². The zero-order valence-electron chi connectivity index (χ0n) is 12.2. The lowest BCUT2D eigenvalue weighted by atomic mass is 10.2. The van der Waals surface area contributed by atoms with Crippen molar-refractivity contribution in [2.24, 2.45) is 0 Å². The molecule has 20 heavy (non-hydrogen) atoms. The van der Waals surface area contributed by atoms with E-state index in [2.05, 4.69) is 17.2 Å². The van der Waals surface area contributed by atoms with Crippen LogP contribution in [0.1, 0.15) is 50.5 Å². The van der Waals surface area contributed by atoms with Gasteiger partial charge in [0.2, 0.25) is 0 Å². The van der Waals surface area contributed by atoms with Crippen LogP contribution in [0.2, 0.25) is 0 Å². The quantitative estimate of drug-likeness (QED) is 0.728. The third-order valence-corrected chi connectivity index (χ3v) is 2.94. The van der Waals surface area contributed by atoms with E-state index in [1.165, 1.54) is 6.20 Å². The summed E-state index contributed by atoms with van der Waals surface area (Å²) in [7, 11) is 0.